The van der Waals surface area contributed by atoms with E-state index in [9.17, 15) is 17.2 Å². The van der Waals surface area contributed by atoms with E-state index in [4.69, 9.17) is 0 Å². The van der Waals surface area contributed by atoms with Crippen molar-refractivity contribution in [2.75, 3.05) is 26.2 Å². The van der Waals surface area contributed by atoms with Crippen molar-refractivity contribution in [3.63, 3.8) is 0 Å². The topological polar surface area (TPSA) is 49.4 Å². The Kier molecular flexibility index (Phi) is 5.66. The Bertz CT molecular complexity index is 511. The van der Waals surface area contributed by atoms with E-state index in [1.165, 1.54) is 0 Å². The molecule has 108 valence electrons. The van der Waals surface area contributed by atoms with Crippen LogP contribution in [0.5, 0.6) is 0 Å². The van der Waals surface area contributed by atoms with Crippen LogP contribution in [-0.4, -0.2) is 38.9 Å². The summed E-state index contributed by atoms with van der Waals surface area (Å²) in [5.74, 6) is -2.10. The lowest BCUT2D eigenvalue weighted by Gasteiger charge is -2.20. The highest BCUT2D eigenvalue weighted by atomic mass is 35.5. The number of nitrogens with zero attached hydrogens (tertiary/aromatic N) is 1. The second kappa shape index (κ2) is 6.60. The highest BCUT2D eigenvalue weighted by Gasteiger charge is 2.30. The van der Waals surface area contributed by atoms with E-state index in [0.717, 1.165) is 22.5 Å². The summed E-state index contributed by atoms with van der Waals surface area (Å²) in [6, 6.07) is 3.05. The first-order chi connectivity index (χ1) is 8.53. The molecular formula is C11H15ClF2N2O2S. The number of hydrogen-bond donors (Lipinski definition) is 1. The van der Waals surface area contributed by atoms with Crippen LogP contribution in [0.2, 0.25) is 0 Å². The van der Waals surface area contributed by atoms with Gasteiger partial charge in [0.1, 0.15) is 11.6 Å². The van der Waals surface area contributed by atoms with Gasteiger partial charge in [0, 0.05) is 19.6 Å². The number of rotatable bonds is 2. The van der Waals surface area contributed by atoms with Gasteiger partial charge in [-0.1, -0.05) is 6.07 Å². The molecule has 2 rings (SSSR count). The first-order valence-electron chi connectivity index (χ1n) is 5.68. The molecule has 0 bridgehead atoms. The van der Waals surface area contributed by atoms with Gasteiger partial charge in [0.25, 0.3) is 0 Å². The van der Waals surface area contributed by atoms with E-state index in [1.807, 2.05) is 0 Å². The number of sulfonamides is 1. The minimum atomic E-state index is -4.10. The lowest BCUT2D eigenvalue weighted by atomic mass is 10.3. The van der Waals surface area contributed by atoms with Gasteiger partial charge in [-0.05, 0) is 25.1 Å². The third-order valence-electron chi connectivity index (χ3n) is 2.82. The van der Waals surface area contributed by atoms with Gasteiger partial charge in [0.15, 0.2) is 4.90 Å². The van der Waals surface area contributed by atoms with Gasteiger partial charge in [-0.2, -0.15) is 4.31 Å². The number of nitrogens with one attached hydrogen (secondary N) is 1. The average molecular weight is 313 g/mol. The molecule has 0 unspecified atom stereocenters. The van der Waals surface area contributed by atoms with Crippen LogP contribution in [-0.2, 0) is 10.0 Å². The molecule has 1 saturated heterocycles. The fourth-order valence-electron chi connectivity index (χ4n) is 1.92. The fraction of sp³-hybridized carbons (Fsp3) is 0.455. The SMILES string of the molecule is Cl.O=S(=O)(c1c(F)cccc1F)N1CCCNCC1. The highest BCUT2D eigenvalue weighted by Crippen LogP contribution is 2.22. The molecule has 0 spiro atoms. The minimum Gasteiger partial charge on any atom is -0.315 e. The molecule has 4 nitrogen and oxygen atoms in total. The Morgan fingerprint density at radius 2 is 1.74 bits per heavy atom. The molecule has 0 aliphatic carbocycles. The Morgan fingerprint density at radius 1 is 1.11 bits per heavy atom. The highest BCUT2D eigenvalue weighted by molar-refractivity contribution is 7.89. The summed E-state index contributed by atoms with van der Waals surface area (Å²) < 4.78 is 52.6. The lowest BCUT2D eigenvalue weighted by Crippen LogP contribution is -2.35. The molecule has 1 N–H and O–H groups in total. The summed E-state index contributed by atoms with van der Waals surface area (Å²) in [5, 5.41) is 3.04. The third-order valence-corrected chi connectivity index (χ3v) is 4.77. The van der Waals surface area contributed by atoms with E-state index in [1.54, 1.807) is 0 Å². The molecule has 0 atom stereocenters. The van der Waals surface area contributed by atoms with Crippen LogP contribution in [0.1, 0.15) is 6.42 Å². The van der Waals surface area contributed by atoms with E-state index >= 15 is 0 Å². The molecule has 0 amide bonds. The molecule has 0 aromatic heterocycles. The van der Waals surface area contributed by atoms with Crippen molar-refractivity contribution in [2.45, 2.75) is 11.3 Å². The van der Waals surface area contributed by atoms with Crippen molar-refractivity contribution in [1.29, 1.82) is 0 Å². The van der Waals surface area contributed by atoms with E-state index < -0.39 is 26.6 Å². The predicted molar refractivity (Wildman–Crippen MR) is 69.9 cm³/mol. The fourth-order valence-corrected chi connectivity index (χ4v) is 3.51. The predicted octanol–water partition coefficient (Wildman–Crippen LogP) is 1.37. The van der Waals surface area contributed by atoms with Gasteiger partial charge in [-0.25, -0.2) is 17.2 Å². The lowest BCUT2D eigenvalue weighted by molar-refractivity contribution is 0.420. The van der Waals surface area contributed by atoms with Gasteiger partial charge in [0.2, 0.25) is 10.0 Å². The van der Waals surface area contributed by atoms with E-state index in [-0.39, 0.29) is 25.5 Å². The maximum Gasteiger partial charge on any atom is 0.248 e. The Morgan fingerprint density at radius 3 is 2.37 bits per heavy atom. The summed E-state index contributed by atoms with van der Waals surface area (Å²) in [5.41, 5.74) is 0. The summed E-state index contributed by atoms with van der Waals surface area (Å²) in [4.78, 5) is -0.855. The second-order valence-corrected chi connectivity index (χ2v) is 5.93. The maximum absolute atomic E-state index is 13.5. The minimum absolute atomic E-state index is 0. The zero-order valence-electron chi connectivity index (χ0n) is 10.1. The van der Waals surface area contributed by atoms with Gasteiger partial charge >= 0.3 is 0 Å². The van der Waals surface area contributed by atoms with Crippen molar-refractivity contribution in [3.8, 4) is 0 Å². The van der Waals surface area contributed by atoms with Gasteiger partial charge in [-0.3, -0.25) is 0 Å². The Balaban J connectivity index is 0.00000180. The number of benzene rings is 1. The molecule has 19 heavy (non-hydrogen) atoms. The van der Waals surface area contributed by atoms with Gasteiger partial charge < -0.3 is 5.32 Å². The quantitative estimate of drug-likeness (QED) is 0.897. The van der Waals surface area contributed by atoms with Crippen molar-refractivity contribution < 1.29 is 17.2 Å². The zero-order valence-corrected chi connectivity index (χ0v) is 11.7. The van der Waals surface area contributed by atoms with Crippen molar-refractivity contribution >= 4 is 22.4 Å². The standard InChI is InChI=1S/C11H14F2N2O2S.ClH/c12-9-3-1-4-10(13)11(9)18(16,17)15-7-2-5-14-6-8-15;/h1,3-4,14H,2,5-8H2;1H. The van der Waals surface area contributed by atoms with Crippen molar-refractivity contribution in [3.05, 3.63) is 29.8 Å². The molecule has 1 heterocycles. The van der Waals surface area contributed by atoms with E-state index in [2.05, 4.69) is 5.32 Å². The van der Waals surface area contributed by atoms with Gasteiger partial charge in [-0.15, -0.1) is 12.4 Å². The smallest absolute Gasteiger partial charge is 0.248 e. The van der Waals surface area contributed by atoms with E-state index in [0.29, 0.717) is 19.5 Å². The molecule has 0 saturated carbocycles. The normalized spacial score (nSPS) is 17.6. The molecule has 1 aromatic carbocycles. The van der Waals surface area contributed by atoms with Crippen LogP contribution in [0.15, 0.2) is 23.1 Å². The largest absolute Gasteiger partial charge is 0.315 e. The molecule has 1 aliphatic heterocycles. The zero-order chi connectivity index (χ0) is 13.2. The average Bonchev–Trinajstić information content (AvgIpc) is 2.57. The van der Waals surface area contributed by atoms with Crippen LogP contribution < -0.4 is 5.32 Å². The maximum atomic E-state index is 13.5. The second-order valence-electron chi connectivity index (χ2n) is 4.06. The molecule has 1 aromatic rings. The molecule has 8 heteroatoms. The summed E-state index contributed by atoms with van der Waals surface area (Å²) in [6.07, 6.45) is 0.620. The van der Waals surface area contributed by atoms with Crippen LogP contribution >= 0.6 is 12.4 Å². The summed E-state index contributed by atoms with van der Waals surface area (Å²) in [7, 11) is -4.10. The summed E-state index contributed by atoms with van der Waals surface area (Å²) in [6.45, 7) is 1.67. The van der Waals surface area contributed by atoms with Gasteiger partial charge in [0.05, 0.1) is 0 Å². The number of halogens is 3. The monoisotopic (exact) mass is 312 g/mol. The molecule has 1 fully saturated rings. The molecule has 1 aliphatic rings. The van der Waals surface area contributed by atoms with Crippen molar-refractivity contribution in [1.82, 2.24) is 9.62 Å². The first-order valence-corrected chi connectivity index (χ1v) is 7.12. The Hall–Kier alpha value is -0.760. The first kappa shape index (κ1) is 16.3. The van der Waals surface area contributed by atoms with Crippen LogP contribution in [0.4, 0.5) is 8.78 Å². The van der Waals surface area contributed by atoms with Crippen LogP contribution in [0, 0.1) is 11.6 Å². The number of hydrogen-bond acceptors (Lipinski definition) is 3. The third kappa shape index (κ3) is 3.42. The Labute approximate surface area is 117 Å². The van der Waals surface area contributed by atoms with Crippen molar-refractivity contribution in [2.24, 2.45) is 0 Å². The molecule has 0 radical (unpaired) electrons. The summed E-state index contributed by atoms with van der Waals surface area (Å²) >= 11 is 0. The van der Waals surface area contributed by atoms with Crippen LogP contribution in [0.25, 0.3) is 0 Å². The van der Waals surface area contributed by atoms with Crippen LogP contribution in [0.3, 0.4) is 0 Å². The molecular weight excluding hydrogens is 298 g/mol.